The van der Waals surface area contributed by atoms with E-state index in [0.29, 0.717) is 17.9 Å². The molecule has 1 N–H and O–H groups in total. The van der Waals surface area contributed by atoms with E-state index >= 15 is 0 Å². The van der Waals surface area contributed by atoms with Crippen molar-refractivity contribution in [3.05, 3.63) is 139 Å². The van der Waals surface area contributed by atoms with E-state index in [4.69, 9.17) is 4.74 Å². The Labute approximate surface area is 395 Å². The number of non-ortho nitro benzene ring substituents is 2. The smallest absolute Gasteiger partial charge is 0.269 e. The van der Waals surface area contributed by atoms with Gasteiger partial charge in [-0.05, 0) is 122 Å². The largest absolute Gasteiger partial charge is 0.381 e. The summed E-state index contributed by atoms with van der Waals surface area (Å²) in [6.07, 6.45) is 8.09. The number of rotatable bonds is 7. The monoisotopic (exact) mass is 920 g/mol. The fraction of sp³-hybridized carbons (Fsp3) is 0.434. The van der Waals surface area contributed by atoms with E-state index in [1.165, 1.54) is 22.5 Å². The molecule has 15 nitrogen and oxygen atoms in total. The molecule has 2 amide bonds. The van der Waals surface area contributed by atoms with E-state index in [1.54, 1.807) is 36.4 Å². The van der Waals surface area contributed by atoms with Crippen LogP contribution in [0.5, 0.6) is 0 Å². The number of likely N-dealkylation sites (tertiary alicyclic amines) is 2. The molecule has 0 spiro atoms. The van der Waals surface area contributed by atoms with Gasteiger partial charge in [-0.1, -0.05) is 13.8 Å². The minimum absolute atomic E-state index is 0.0829. The van der Waals surface area contributed by atoms with Crippen LogP contribution in [0.3, 0.4) is 0 Å². The highest BCUT2D eigenvalue weighted by Gasteiger charge is 2.31. The predicted molar refractivity (Wildman–Crippen MR) is 262 cm³/mol. The molecule has 0 unspecified atom stereocenters. The Morgan fingerprint density at radius 3 is 1.56 bits per heavy atom. The Balaban J connectivity index is 0.000000161. The van der Waals surface area contributed by atoms with Crippen LogP contribution < -0.4 is 5.32 Å². The van der Waals surface area contributed by atoms with Crippen LogP contribution in [0.4, 0.5) is 11.4 Å². The maximum atomic E-state index is 13.4. The quantitative estimate of drug-likeness (QED) is 0.122. The number of amides is 2. The Hall–Kier alpha value is -6.42. The van der Waals surface area contributed by atoms with Crippen LogP contribution in [0.2, 0.25) is 0 Å². The molecule has 0 bridgehead atoms. The molecule has 11 rings (SSSR count). The number of hydrogen-bond donors (Lipinski definition) is 1. The number of nitrogens with one attached hydrogen (secondary N) is 1. The molecule has 4 aromatic carbocycles. The summed E-state index contributed by atoms with van der Waals surface area (Å²) in [7, 11) is 0. The van der Waals surface area contributed by atoms with Gasteiger partial charge in [0.25, 0.3) is 23.2 Å². The second-order valence-corrected chi connectivity index (χ2v) is 19.5. The normalized spacial score (nSPS) is 18.5. The van der Waals surface area contributed by atoms with Crippen molar-refractivity contribution in [2.75, 3.05) is 52.5 Å². The van der Waals surface area contributed by atoms with Gasteiger partial charge >= 0.3 is 0 Å². The number of benzene rings is 4. The number of ether oxygens (including phenoxy) is 1. The highest BCUT2D eigenvalue weighted by Crippen LogP contribution is 2.37. The molecule has 5 aliphatic rings. The summed E-state index contributed by atoms with van der Waals surface area (Å²) in [5.41, 5.74) is 10.5. The molecule has 15 heteroatoms. The molecule has 5 aliphatic heterocycles. The lowest BCUT2D eigenvalue weighted by molar-refractivity contribution is -0.385. The van der Waals surface area contributed by atoms with Gasteiger partial charge < -0.3 is 29.0 Å². The third-order valence-corrected chi connectivity index (χ3v) is 15.2. The zero-order valence-corrected chi connectivity index (χ0v) is 39.0. The Morgan fingerprint density at radius 2 is 1.07 bits per heavy atom. The van der Waals surface area contributed by atoms with Crippen molar-refractivity contribution in [1.82, 2.24) is 29.2 Å². The number of nitrogens with zero attached hydrogens (tertiary/aromatic N) is 7. The van der Waals surface area contributed by atoms with Gasteiger partial charge in [-0.25, -0.2) is 0 Å². The van der Waals surface area contributed by atoms with Gasteiger partial charge in [0, 0.05) is 153 Å². The highest BCUT2D eigenvalue weighted by molar-refractivity contribution is 6.01. The molecule has 0 aliphatic carbocycles. The predicted octanol–water partition coefficient (Wildman–Crippen LogP) is 9.00. The number of nitro benzene ring substituents is 2. The molecule has 3 fully saturated rings. The minimum Gasteiger partial charge on any atom is -0.381 e. The number of carbonyl (C=O) groups excluding carboxylic acids is 2. The van der Waals surface area contributed by atoms with Crippen molar-refractivity contribution in [3.63, 3.8) is 0 Å². The third-order valence-electron chi connectivity index (χ3n) is 15.2. The number of hydrogen-bond acceptors (Lipinski definition) is 9. The summed E-state index contributed by atoms with van der Waals surface area (Å²) >= 11 is 0. The summed E-state index contributed by atoms with van der Waals surface area (Å²) in [6.45, 7) is 12.8. The van der Waals surface area contributed by atoms with Crippen molar-refractivity contribution in [1.29, 1.82) is 0 Å². The summed E-state index contributed by atoms with van der Waals surface area (Å²) in [6, 6.07) is 26.1. The zero-order chi connectivity index (χ0) is 47.1. The molecule has 68 heavy (non-hydrogen) atoms. The van der Waals surface area contributed by atoms with Gasteiger partial charge in [-0.2, -0.15) is 0 Å². The lowest BCUT2D eigenvalue weighted by Crippen LogP contribution is -2.42. The minimum atomic E-state index is -0.379. The Kier molecular flexibility index (Phi) is 12.9. The molecular formula is C53H60N8O7. The summed E-state index contributed by atoms with van der Waals surface area (Å²) in [5.74, 6) is 1.57. The first-order valence-electron chi connectivity index (χ1n) is 24.5. The first-order valence-corrected chi connectivity index (χ1v) is 24.5. The molecule has 6 aromatic rings. The SMILES string of the molecule is CC1CCN(C(=O)c2ccc3c(c2)c2c(n3-c3ccc([N+](=O)[O-])cc3)CCN(C3CCOCC3)C2)CC1.CC1CCN(C(=O)c2ccc3c(c2)c2c(n3-c3ccc([N+](=O)[O-])cc3)CCNC2)CC1. The van der Waals surface area contributed by atoms with Gasteiger partial charge in [0.2, 0.25) is 0 Å². The number of carbonyl (C=O) groups is 2. The lowest BCUT2D eigenvalue weighted by atomic mass is 9.97. The summed E-state index contributed by atoms with van der Waals surface area (Å²) in [4.78, 5) is 54.7. The maximum absolute atomic E-state index is 13.4. The van der Waals surface area contributed by atoms with Crippen LogP contribution in [0.1, 0.15) is 95.6 Å². The van der Waals surface area contributed by atoms with Crippen LogP contribution in [0, 0.1) is 32.1 Å². The maximum Gasteiger partial charge on any atom is 0.269 e. The topological polar surface area (TPSA) is 161 Å². The van der Waals surface area contributed by atoms with E-state index in [1.807, 2.05) is 46.2 Å². The summed E-state index contributed by atoms with van der Waals surface area (Å²) < 4.78 is 10.0. The molecule has 2 aromatic heterocycles. The van der Waals surface area contributed by atoms with E-state index in [-0.39, 0.29) is 33.0 Å². The van der Waals surface area contributed by atoms with E-state index in [0.717, 1.165) is 161 Å². The fourth-order valence-corrected chi connectivity index (χ4v) is 11.1. The third kappa shape index (κ3) is 8.90. The zero-order valence-electron chi connectivity index (χ0n) is 39.0. The fourth-order valence-electron chi connectivity index (χ4n) is 11.1. The van der Waals surface area contributed by atoms with Gasteiger partial charge in [-0.15, -0.1) is 0 Å². The van der Waals surface area contributed by atoms with Crippen LogP contribution in [0.15, 0.2) is 84.9 Å². The summed E-state index contributed by atoms with van der Waals surface area (Å²) in [5, 5.41) is 27.9. The second kappa shape index (κ2) is 19.3. The van der Waals surface area contributed by atoms with Gasteiger partial charge in [0.05, 0.1) is 20.9 Å². The molecule has 0 radical (unpaired) electrons. The van der Waals surface area contributed by atoms with Crippen molar-refractivity contribution in [2.24, 2.45) is 11.8 Å². The molecule has 7 heterocycles. The van der Waals surface area contributed by atoms with Crippen LogP contribution in [-0.4, -0.2) is 104 Å². The van der Waals surface area contributed by atoms with Gasteiger partial charge in [-0.3, -0.25) is 34.7 Å². The molecule has 0 saturated carbocycles. The average Bonchev–Trinajstić information content (AvgIpc) is 3.88. The van der Waals surface area contributed by atoms with Gasteiger partial charge in [0.1, 0.15) is 0 Å². The van der Waals surface area contributed by atoms with E-state index in [2.05, 4.69) is 45.3 Å². The lowest BCUT2D eigenvalue weighted by Gasteiger charge is -2.37. The highest BCUT2D eigenvalue weighted by atomic mass is 16.6. The van der Waals surface area contributed by atoms with Gasteiger partial charge in [0.15, 0.2) is 0 Å². The Morgan fingerprint density at radius 1 is 0.603 bits per heavy atom. The standard InChI is InChI=1S/C29H34N4O4.C24H26N4O3/c1-20-8-13-30(14-9-20)29(34)21-2-7-27-25(18-21)26-19-31(22-11-16-37-17-12-22)15-10-28(26)32(27)23-3-5-24(6-4-23)33(35)36;1-16-9-12-26(13-10-16)24(29)17-2-7-22-20(14-17)21-15-25-11-8-23(21)27(22)18-3-5-19(6-4-18)28(30)31/h2-7,18,20,22H,8-17,19H2,1H3;2-7,14,16,25H,8-13,15H2,1H3. The van der Waals surface area contributed by atoms with Crippen LogP contribution in [0.25, 0.3) is 33.2 Å². The van der Waals surface area contributed by atoms with Crippen molar-refractivity contribution < 1.29 is 24.2 Å². The molecular weight excluding hydrogens is 861 g/mol. The number of fused-ring (bicyclic) bond motifs is 6. The van der Waals surface area contributed by atoms with Crippen LogP contribution in [-0.2, 0) is 30.7 Å². The van der Waals surface area contributed by atoms with E-state index < -0.39 is 0 Å². The number of piperidine rings is 2. The molecule has 0 atom stereocenters. The van der Waals surface area contributed by atoms with Crippen molar-refractivity contribution in [3.8, 4) is 11.4 Å². The average molecular weight is 921 g/mol. The molecule has 3 saturated heterocycles. The van der Waals surface area contributed by atoms with Crippen molar-refractivity contribution >= 4 is 45.0 Å². The molecule has 354 valence electrons. The van der Waals surface area contributed by atoms with E-state index in [9.17, 15) is 29.8 Å². The Bertz CT molecular complexity index is 2870. The van der Waals surface area contributed by atoms with Crippen molar-refractivity contribution in [2.45, 2.75) is 84.3 Å². The first kappa shape index (κ1) is 45.4. The second-order valence-electron chi connectivity index (χ2n) is 19.5. The van der Waals surface area contributed by atoms with Crippen LogP contribution >= 0.6 is 0 Å². The number of nitro groups is 2. The number of aromatic nitrogens is 2. The first-order chi connectivity index (χ1) is 33.0.